The smallest absolute Gasteiger partial charge is 0.251 e. The van der Waals surface area contributed by atoms with Crippen molar-refractivity contribution in [3.63, 3.8) is 0 Å². The van der Waals surface area contributed by atoms with Crippen molar-refractivity contribution in [2.24, 2.45) is 5.92 Å². The van der Waals surface area contributed by atoms with Crippen LogP contribution in [0.2, 0.25) is 0 Å². The number of carbonyl (C=O) groups is 1. The molecule has 2 aliphatic heterocycles. The van der Waals surface area contributed by atoms with Gasteiger partial charge in [0.1, 0.15) is 0 Å². The van der Waals surface area contributed by atoms with E-state index in [1.54, 1.807) is 0 Å². The molecule has 0 radical (unpaired) electrons. The van der Waals surface area contributed by atoms with E-state index in [9.17, 15) is 4.79 Å². The van der Waals surface area contributed by atoms with Crippen molar-refractivity contribution in [1.82, 2.24) is 5.32 Å². The highest BCUT2D eigenvalue weighted by molar-refractivity contribution is 5.94. The maximum Gasteiger partial charge on any atom is 0.251 e. The summed E-state index contributed by atoms with van der Waals surface area (Å²) in [5, 5.41) is 3.00. The molecule has 5 nitrogen and oxygen atoms in total. The summed E-state index contributed by atoms with van der Waals surface area (Å²) in [5.41, 5.74) is 2.76. The van der Waals surface area contributed by atoms with Gasteiger partial charge in [0.2, 0.25) is 6.79 Å². The lowest BCUT2D eigenvalue weighted by Crippen LogP contribution is -2.24. The molecule has 2 aromatic rings. The lowest BCUT2D eigenvalue weighted by atomic mass is 10.0. The second kappa shape index (κ2) is 7.79. The minimum Gasteiger partial charge on any atom is -0.454 e. The van der Waals surface area contributed by atoms with E-state index in [1.165, 1.54) is 0 Å². The molecule has 1 N–H and O–H groups in total. The van der Waals surface area contributed by atoms with Gasteiger partial charge in [-0.25, -0.2) is 0 Å². The minimum absolute atomic E-state index is 0.0232. The Morgan fingerprint density at radius 2 is 1.85 bits per heavy atom. The molecule has 1 fully saturated rings. The standard InChI is InChI=1S/C21H23NO4/c23-21(22-10-1-2-15-9-11-24-13-15)17-5-3-16(4-6-17)18-7-8-19-20(12-18)26-14-25-19/h3-8,12,15H,1-2,9-11,13-14H2,(H,22,23)/t15-/m0/s1. The summed E-state index contributed by atoms with van der Waals surface area (Å²) in [7, 11) is 0. The van der Waals surface area contributed by atoms with Gasteiger partial charge in [0.25, 0.3) is 5.91 Å². The van der Waals surface area contributed by atoms with Gasteiger partial charge in [-0.05, 0) is 60.6 Å². The molecule has 4 rings (SSSR count). The van der Waals surface area contributed by atoms with Gasteiger partial charge >= 0.3 is 0 Å². The van der Waals surface area contributed by atoms with E-state index in [1.807, 2.05) is 42.5 Å². The minimum atomic E-state index is -0.0232. The van der Waals surface area contributed by atoms with Crippen LogP contribution in [0.3, 0.4) is 0 Å². The number of rotatable bonds is 6. The van der Waals surface area contributed by atoms with Crippen LogP contribution in [0.4, 0.5) is 0 Å². The maximum atomic E-state index is 12.3. The Labute approximate surface area is 153 Å². The third-order valence-electron chi connectivity index (χ3n) is 4.95. The summed E-state index contributed by atoms with van der Waals surface area (Å²) in [6.07, 6.45) is 3.26. The van der Waals surface area contributed by atoms with Gasteiger partial charge in [-0.2, -0.15) is 0 Å². The number of ether oxygens (including phenoxy) is 3. The average Bonchev–Trinajstić information content (AvgIpc) is 3.36. The Morgan fingerprint density at radius 1 is 1.04 bits per heavy atom. The summed E-state index contributed by atoms with van der Waals surface area (Å²) in [5.74, 6) is 2.17. The first-order valence-electron chi connectivity index (χ1n) is 9.15. The average molecular weight is 353 g/mol. The van der Waals surface area contributed by atoms with Crippen molar-refractivity contribution in [2.45, 2.75) is 19.3 Å². The van der Waals surface area contributed by atoms with Crippen molar-refractivity contribution in [3.05, 3.63) is 48.0 Å². The zero-order valence-electron chi connectivity index (χ0n) is 14.7. The van der Waals surface area contributed by atoms with Crippen LogP contribution in [0.1, 0.15) is 29.6 Å². The van der Waals surface area contributed by atoms with E-state index in [2.05, 4.69) is 5.32 Å². The maximum absolute atomic E-state index is 12.3. The van der Waals surface area contributed by atoms with Crippen LogP contribution in [-0.2, 0) is 4.74 Å². The number of hydrogen-bond donors (Lipinski definition) is 1. The second-order valence-corrected chi connectivity index (χ2v) is 6.77. The predicted molar refractivity (Wildman–Crippen MR) is 98.5 cm³/mol. The van der Waals surface area contributed by atoms with Gasteiger partial charge in [-0.3, -0.25) is 4.79 Å². The van der Waals surface area contributed by atoms with Crippen LogP contribution in [0.5, 0.6) is 11.5 Å². The van der Waals surface area contributed by atoms with Gasteiger partial charge in [0, 0.05) is 25.3 Å². The van der Waals surface area contributed by atoms with Crippen LogP contribution in [0.25, 0.3) is 11.1 Å². The quantitative estimate of drug-likeness (QED) is 0.806. The van der Waals surface area contributed by atoms with E-state index in [4.69, 9.17) is 14.2 Å². The van der Waals surface area contributed by atoms with E-state index >= 15 is 0 Å². The Kier molecular flexibility index (Phi) is 5.07. The molecule has 0 aliphatic carbocycles. The van der Waals surface area contributed by atoms with Gasteiger partial charge in [0.05, 0.1) is 0 Å². The summed E-state index contributed by atoms with van der Waals surface area (Å²) >= 11 is 0. The van der Waals surface area contributed by atoms with E-state index in [0.29, 0.717) is 18.0 Å². The van der Waals surface area contributed by atoms with E-state index in [0.717, 1.165) is 55.1 Å². The van der Waals surface area contributed by atoms with Crippen LogP contribution >= 0.6 is 0 Å². The monoisotopic (exact) mass is 353 g/mol. The SMILES string of the molecule is O=C(NCCC[C@H]1CCOC1)c1ccc(-c2ccc3c(c2)OCO3)cc1. The fraction of sp³-hybridized carbons (Fsp3) is 0.381. The van der Waals surface area contributed by atoms with Crippen molar-refractivity contribution in [1.29, 1.82) is 0 Å². The molecular weight excluding hydrogens is 330 g/mol. The Morgan fingerprint density at radius 3 is 2.65 bits per heavy atom. The van der Waals surface area contributed by atoms with Gasteiger partial charge in [0.15, 0.2) is 11.5 Å². The van der Waals surface area contributed by atoms with E-state index < -0.39 is 0 Å². The molecule has 136 valence electrons. The molecule has 0 bridgehead atoms. The van der Waals surface area contributed by atoms with Crippen molar-refractivity contribution in [2.75, 3.05) is 26.6 Å². The Hall–Kier alpha value is -2.53. The highest BCUT2D eigenvalue weighted by Gasteiger charge is 2.16. The molecule has 1 amide bonds. The van der Waals surface area contributed by atoms with Gasteiger partial charge in [-0.15, -0.1) is 0 Å². The van der Waals surface area contributed by atoms with Gasteiger partial charge < -0.3 is 19.5 Å². The molecule has 2 aromatic carbocycles. The van der Waals surface area contributed by atoms with Crippen LogP contribution in [0.15, 0.2) is 42.5 Å². The number of amides is 1. The van der Waals surface area contributed by atoms with E-state index in [-0.39, 0.29) is 12.7 Å². The Bertz CT molecular complexity index is 766. The highest BCUT2D eigenvalue weighted by atomic mass is 16.7. The number of nitrogens with one attached hydrogen (secondary N) is 1. The molecule has 0 saturated carbocycles. The van der Waals surface area contributed by atoms with Crippen LogP contribution in [0, 0.1) is 5.92 Å². The van der Waals surface area contributed by atoms with Crippen molar-refractivity contribution in [3.8, 4) is 22.6 Å². The molecular formula is C21H23NO4. The molecule has 0 unspecified atom stereocenters. The first-order valence-corrected chi connectivity index (χ1v) is 9.15. The first-order chi connectivity index (χ1) is 12.8. The molecule has 2 heterocycles. The third kappa shape index (κ3) is 3.83. The molecule has 2 aliphatic rings. The second-order valence-electron chi connectivity index (χ2n) is 6.77. The van der Waals surface area contributed by atoms with Crippen molar-refractivity contribution < 1.29 is 19.0 Å². The summed E-state index contributed by atoms with van der Waals surface area (Å²) in [4.78, 5) is 12.3. The normalized spacial score (nSPS) is 18.1. The molecule has 1 saturated heterocycles. The first kappa shape index (κ1) is 16.9. The molecule has 5 heteroatoms. The Balaban J connectivity index is 1.31. The molecule has 0 aromatic heterocycles. The highest BCUT2D eigenvalue weighted by Crippen LogP contribution is 2.35. The fourth-order valence-corrected chi connectivity index (χ4v) is 3.40. The molecule has 1 atom stereocenters. The zero-order valence-corrected chi connectivity index (χ0v) is 14.7. The predicted octanol–water partition coefficient (Wildman–Crippen LogP) is 3.63. The van der Waals surface area contributed by atoms with Gasteiger partial charge in [-0.1, -0.05) is 18.2 Å². The topological polar surface area (TPSA) is 56.8 Å². The zero-order chi connectivity index (χ0) is 17.8. The molecule has 0 spiro atoms. The number of carbonyl (C=O) groups excluding carboxylic acids is 1. The van der Waals surface area contributed by atoms with Crippen molar-refractivity contribution >= 4 is 5.91 Å². The number of benzene rings is 2. The lowest BCUT2D eigenvalue weighted by molar-refractivity contribution is 0.0952. The largest absolute Gasteiger partial charge is 0.454 e. The third-order valence-corrected chi connectivity index (χ3v) is 4.95. The fourth-order valence-electron chi connectivity index (χ4n) is 3.40. The lowest BCUT2D eigenvalue weighted by Gasteiger charge is -2.09. The summed E-state index contributed by atoms with van der Waals surface area (Å²) in [6, 6.07) is 13.5. The summed E-state index contributed by atoms with van der Waals surface area (Å²) in [6.45, 7) is 2.73. The number of hydrogen-bond acceptors (Lipinski definition) is 4. The van der Waals surface area contributed by atoms with Crippen LogP contribution < -0.4 is 14.8 Å². The van der Waals surface area contributed by atoms with Crippen LogP contribution in [-0.4, -0.2) is 32.5 Å². The molecule has 26 heavy (non-hydrogen) atoms. The number of fused-ring (bicyclic) bond motifs is 1. The summed E-state index contributed by atoms with van der Waals surface area (Å²) < 4.78 is 16.1.